The van der Waals surface area contributed by atoms with Crippen molar-refractivity contribution in [3.63, 3.8) is 0 Å². The van der Waals surface area contributed by atoms with Gasteiger partial charge in [-0.25, -0.2) is 0 Å². The highest BCUT2D eigenvalue weighted by Crippen LogP contribution is 2.31. The zero-order chi connectivity index (χ0) is 25.4. The van der Waals surface area contributed by atoms with Crippen molar-refractivity contribution in [1.29, 1.82) is 0 Å². The second kappa shape index (κ2) is 9.54. The van der Waals surface area contributed by atoms with Gasteiger partial charge in [0.1, 0.15) is 0 Å². The van der Waals surface area contributed by atoms with Crippen LogP contribution >= 0.6 is 0 Å². The van der Waals surface area contributed by atoms with Crippen molar-refractivity contribution in [3.8, 4) is 44.8 Å². The lowest BCUT2D eigenvalue weighted by atomic mass is 9.94. The lowest BCUT2D eigenvalue weighted by Gasteiger charge is -2.12. The summed E-state index contributed by atoms with van der Waals surface area (Å²) in [6, 6.07) is 26.0. The summed E-state index contributed by atoms with van der Waals surface area (Å²) in [6.45, 7) is 13.0. The van der Waals surface area contributed by atoms with Crippen LogP contribution in [0.25, 0.3) is 44.8 Å². The number of aryl methyl sites for hydroxylation is 6. The van der Waals surface area contributed by atoms with Gasteiger partial charge in [-0.05, 0) is 87.1 Å². The quantitative estimate of drug-likeness (QED) is 0.263. The molecule has 3 aromatic carbocycles. The number of aromatic nitrogens is 2. The van der Waals surface area contributed by atoms with Gasteiger partial charge in [0.2, 0.25) is 0 Å². The van der Waals surface area contributed by atoms with E-state index in [2.05, 4.69) is 114 Å². The third-order valence-electron chi connectivity index (χ3n) is 6.93. The zero-order valence-corrected chi connectivity index (χ0v) is 22.0. The largest absolute Gasteiger partial charge is 0.256 e. The molecule has 0 N–H and O–H groups in total. The van der Waals surface area contributed by atoms with Crippen LogP contribution in [-0.2, 0) is 0 Å². The first kappa shape index (κ1) is 23.7. The maximum Gasteiger partial charge on any atom is 0.0702 e. The van der Waals surface area contributed by atoms with Crippen LogP contribution in [0.5, 0.6) is 0 Å². The van der Waals surface area contributed by atoms with E-state index in [0.717, 1.165) is 33.6 Å². The van der Waals surface area contributed by atoms with Crippen LogP contribution in [0.1, 0.15) is 33.4 Å². The maximum absolute atomic E-state index is 4.78. The van der Waals surface area contributed by atoms with E-state index in [0.29, 0.717) is 0 Å². The van der Waals surface area contributed by atoms with Crippen LogP contribution in [0, 0.1) is 41.5 Å². The molecule has 5 rings (SSSR count). The number of pyridine rings is 2. The second-order valence-electron chi connectivity index (χ2n) is 9.99. The molecule has 0 amide bonds. The Morgan fingerprint density at radius 2 is 0.694 bits per heavy atom. The summed E-state index contributed by atoms with van der Waals surface area (Å²) in [5.74, 6) is 0. The van der Waals surface area contributed by atoms with Gasteiger partial charge in [-0.3, -0.25) is 9.97 Å². The van der Waals surface area contributed by atoms with Crippen molar-refractivity contribution in [1.82, 2.24) is 9.97 Å². The topological polar surface area (TPSA) is 25.8 Å². The summed E-state index contributed by atoms with van der Waals surface area (Å²) in [5, 5.41) is 0. The molecule has 36 heavy (non-hydrogen) atoms. The predicted molar refractivity (Wildman–Crippen MR) is 152 cm³/mol. The van der Waals surface area contributed by atoms with Gasteiger partial charge < -0.3 is 0 Å². The first-order valence-corrected chi connectivity index (χ1v) is 12.5. The SMILES string of the molecule is Cc1cc(C)c(-c2ccc(-c3ccc(-c4ccc(-c5c(C)cc(C)cc5C)cn4)cc3)nc2)c(C)c1. The third-order valence-corrected chi connectivity index (χ3v) is 6.93. The van der Waals surface area contributed by atoms with Crippen LogP contribution in [0.3, 0.4) is 0 Å². The minimum absolute atomic E-state index is 0.973. The minimum atomic E-state index is 0.973. The van der Waals surface area contributed by atoms with Gasteiger partial charge in [0.05, 0.1) is 11.4 Å². The first-order chi connectivity index (χ1) is 17.3. The van der Waals surface area contributed by atoms with Gasteiger partial charge in [0, 0.05) is 34.6 Å². The lowest BCUT2D eigenvalue weighted by molar-refractivity contribution is 1.28. The molecule has 0 radical (unpaired) electrons. The Kier molecular flexibility index (Phi) is 6.28. The molecule has 0 unspecified atom stereocenters. The predicted octanol–water partition coefficient (Wildman–Crippen LogP) is 9.00. The number of hydrogen-bond acceptors (Lipinski definition) is 2. The van der Waals surface area contributed by atoms with E-state index >= 15 is 0 Å². The molecular formula is C34H32N2. The Morgan fingerprint density at radius 3 is 0.972 bits per heavy atom. The van der Waals surface area contributed by atoms with Crippen LogP contribution in [0.4, 0.5) is 0 Å². The van der Waals surface area contributed by atoms with Gasteiger partial charge in [-0.15, -0.1) is 0 Å². The Labute approximate surface area is 214 Å². The normalized spacial score (nSPS) is 11.1. The van der Waals surface area contributed by atoms with E-state index in [4.69, 9.17) is 9.97 Å². The smallest absolute Gasteiger partial charge is 0.0702 e. The van der Waals surface area contributed by atoms with E-state index in [-0.39, 0.29) is 0 Å². The van der Waals surface area contributed by atoms with E-state index < -0.39 is 0 Å². The van der Waals surface area contributed by atoms with Crippen LogP contribution in [0.2, 0.25) is 0 Å². The fourth-order valence-electron chi connectivity index (χ4n) is 5.51. The number of benzene rings is 3. The highest BCUT2D eigenvalue weighted by molar-refractivity contribution is 5.75. The van der Waals surface area contributed by atoms with E-state index in [1.54, 1.807) is 0 Å². The van der Waals surface area contributed by atoms with Gasteiger partial charge in [-0.1, -0.05) is 71.8 Å². The fraction of sp³-hybridized carbons (Fsp3) is 0.176. The van der Waals surface area contributed by atoms with Crippen LogP contribution in [0.15, 0.2) is 85.2 Å². The van der Waals surface area contributed by atoms with Crippen molar-refractivity contribution in [3.05, 3.63) is 119 Å². The maximum atomic E-state index is 4.78. The molecule has 2 aromatic heterocycles. The molecule has 2 nitrogen and oxygen atoms in total. The summed E-state index contributed by atoms with van der Waals surface area (Å²) in [6.07, 6.45) is 3.98. The lowest BCUT2D eigenvalue weighted by Crippen LogP contribution is -1.92. The molecular weight excluding hydrogens is 436 g/mol. The number of hydrogen-bond donors (Lipinski definition) is 0. The third kappa shape index (κ3) is 4.59. The Morgan fingerprint density at radius 1 is 0.389 bits per heavy atom. The van der Waals surface area contributed by atoms with Crippen molar-refractivity contribution in [2.45, 2.75) is 41.5 Å². The second-order valence-corrected chi connectivity index (χ2v) is 9.99. The molecule has 0 saturated heterocycles. The van der Waals surface area contributed by atoms with Crippen LogP contribution < -0.4 is 0 Å². The highest BCUT2D eigenvalue weighted by atomic mass is 14.7. The molecule has 0 atom stereocenters. The Hall–Kier alpha value is -4.04. The molecule has 0 aliphatic carbocycles. The molecule has 0 bridgehead atoms. The van der Waals surface area contributed by atoms with E-state index in [1.165, 1.54) is 44.5 Å². The minimum Gasteiger partial charge on any atom is -0.256 e. The van der Waals surface area contributed by atoms with Crippen molar-refractivity contribution < 1.29 is 0 Å². The standard InChI is InChI=1S/C34H32N2/c1-21-15-23(3)33(24(4)16-21)29-11-13-31(35-19-29)27-7-9-28(10-8-27)32-14-12-30(20-36-32)34-25(5)17-22(2)18-26(34)6/h7-20H,1-6H3. The number of rotatable bonds is 4. The molecule has 0 fully saturated rings. The summed E-state index contributed by atoms with van der Waals surface area (Å²) < 4.78 is 0. The fourth-order valence-corrected chi connectivity index (χ4v) is 5.51. The molecule has 178 valence electrons. The highest BCUT2D eigenvalue weighted by Gasteiger charge is 2.10. The average molecular weight is 469 g/mol. The molecule has 0 spiro atoms. The summed E-state index contributed by atoms with van der Waals surface area (Å²) >= 11 is 0. The number of nitrogens with zero attached hydrogens (tertiary/aromatic N) is 2. The molecule has 0 saturated carbocycles. The Bertz CT molecular complexity index is 1380. The summed E-state index contributed by atoms with van der Waals surface area (Å²) in [7, 11) is 0. The van der Waals surface area contributed by atoms with E-state index in [9.17, 15) is 0 Å². The van der Waals surface area contributed by atoms with Crippen LogP contribution in [-0.4, -0.2) is 9.97 Å². The monoisotopic (exact) mass is 468 g/mol. The molecule has 0 aliphatic rings. The summed E-state index contributed by atoms with van der Waals surface area (Å²) in [4.78, 5) is 9.57. The summed E-state index contributed by atoms with van der Waals surface area (Å²) in [5.41, 5.74) is 16.8. The average Bonchev–Trinajstić information content (AvgIpc) is 2.84. The van der Waals surface area contributed by atoms with Gasteiger partial charge >= 0.3 is 0 Å². The van der Waals surface area contributed by atoms with Crippen molar-refractivity contribution >= 4 is 0 Å². The first-order valence-electron chi connectivity index (χ1n) is 12.5. The van der Waals surface area contributed by atoms with Gasteiger partial charge in [-0.2, -0.15) is 0 Å². The molecule has 2 heterocycles. The zero-order valence-electron chi connectivity index (χ0n) is 22.0. The van der Waals surface area contributed by atoms with E-state index in [1.807, 2.05) is 12.4 Å². The molecule has 5 aromatic rings. The molecule has 0 aliphatic heterocycles. The van der Waals surface area contributed by atoms with Crippen molar-refractivity contribution in [2.75, 3.05) is 0 Å². The van der Waals surface area contributed by atoms with Crippen molar-refractivity contribution in [2.24, 2.45) is 0 Å². The molecule has 2 heteroatoms. The van der Waals surface area contributed by atoms with Gasteiger partial charge in [0.15, 0.2) is 0 Å². The Balaban J connectivity index is 1.37. The van der Waals surface area contributed by atoms with Gasteiger partial charge in [0.25, 0.3) is 0 Å².